The molecule has 0 bridgehead atoms. The van der Waals surface area contributed by atoms with Crippen LogP contribution in [-0.4, -0.2) is 15.0 Å². The molecule has 1 aromatic heterocycles. The van der Waals surface area contributed by atoms with E-state index in [1.54, 1.807) is 0 Å². The summed E-state index contributed by atoms with van der Waals surface area (Å²) in [5, 5.41) is 0. The summed E-state index contributed by atoms with van der Waals surface area (Å²) in [5.74, 6) is -1.65. The number of alkyl halides is 3. The van der Waals surface area contributed by atoms with Crippen LogP contribution < -0.4 is 21.6 Å². The number of carbonyl (C=O) groups excluding carboxylic acids is 1. The van der Waals surface area contributed by atoms with Crippen LogP contribution in [0.3, 0.4) is 0 Å². The molecule has 25 heavy (non-hydrogen) atoms. The fraction of sp³-hybridized carbons (Fsp3) is 0.214. The Kier molecular flexibility index (Phi) is 3.66. The van der Waals surface area contributed by atoms with Gasteiger partial charge in [-0.1, -0.05) is 0 Å². The van der Waals surface area contributed by atoms with Crippen LogP contribution in [0.4, 0.5) is 17.6 Å². The maximum Gasteiger partial charge on any atom is 0.431 e. The van der Waals surface area contributed by atoms with Crippen molar-refractivity contribution < 1.29 is 27.2 Å². The number of carbonyl (C=O) groups is 1. The molecule has 1 aliphatic rings. The molecule has 0 aliphatic carbocycles. The molecule has 0 saturated carbocycles. The summed E-state index contributed by atoms with van der Waals surface area (Å²) in [5.41, 5.74) is -2.57. The Bertz CT molecular complexity index is 1010. The molecule has 0 atom stereocenters. The van der Waals surface area contributed by atoms with Crippen LogP contribution in [0, 0.1) is 5.82 Å². The largest absolute Gasteiger partial charge is 0.431 e. The second kappa shape index (κ2) is 5.46. The lowest BCUT2D eigenvalue weighted by atomic mass is 10.1. The number of hydrogen-bond donors (Lipinski definition) is 1. The molecule has 1 aliphatic heterocycles. The van der Waals surface area contributed by atoms with Gasteiger partial charge in [0.1, 0.15) is 5.69 Å². The highest BCUT2D eigenvalue weighted by atomic mass is 19.4. The number of fused-ring (bicyclic) bond motifs is 1. The molecule has 0 spiro atoms. The van der Waals surface area contributed by atoms with E-state index >= 15 is 0 Å². The smallest absolute Gasteiger partial charge is 0.379 e. The van der Waals surface area contributed by atoms with Crippen molar-refractivity contribution in [3.63, 3.8) is 0 Å². The summed E-state index contributed by atoms with van der Waals surface area (Å²) < 4.78 is 53.3. The molecule has 7 nitrogen and oxygen atoms in total. The van der Waals surface area contributed by atoms with E-state index in [-0.39, 0.29) is 32.9 Å². The average Bonchev–Trinajstić information content (AvgIpc) is 2.50. The van der Waals surface area contributed by atoms with E-state index in [1.807, 2.05) is 5.48 Å². The van der Waals surface area contributed by atoms with Crippen molar-refractivity contribution in [3.05, 3.63) is 56.1 Å². The SMILES string of the molecule is Cn1c(C(F)(F)F)cc(=O)n(-c2cc3c(cc2F)ONC(=O)C3)c1=O. The van der Waals surface area contributed by atoms with E-state index in [4.69, 9.17) is 4.84 Å². The van der Waals surface area contributed by atoms with Crippen molar-refractivity contribution in [1.82, 2.24) is 14.6 Å². The summed E-state index contributed by atoms with van der Waals surface area (Å²) in [6, 6.07) is 2.04. The number of hydroxylamine groups is 1. The van der Waals surface area contributed by atoms with E-state index < -0.39 is 40.5 Å². The van der Waals surface area contributed by atoms with E-state index in [2.05, 4.69) is 0 Å². The number of benzene rings is 1. The van der Waals surface area contributed by atoms with Gasteiger partial charge in [-0.05, 0) is 6.07 Å². The first kappa shape index (κ1) is 16.7. The van der Waals surface area contributed by atoms with Gasteiger partial charge in [0, 0.05) is 24.7 Å². The van der Waals surface area contributed by atoms with Crippen LogP contribution in [0.2, 0.25) is 0 Å². The summed E-state index contributed by atoms with van der Waals surface area (Å²) in [6.07, 6.45) is -5.13. The first-order chi connectivity index (χ1) is 11.6. The molecule has 0 fully saturated rings. The van der Waals surface area contributed by atoms with Gasteiger partial charge in [-0.15, -0.1) is 0 Å². The maximum atomic E-state index is 14.3. The average molecular weight is 359 g/mol. The number of rotatable bonds is 1. The van der Waals surface area contributed by atoms with Crippen LogP contribution in [0.25, 0.3) is 5.69 Å². The first-order valence-corrected chi connectivity index (χ1v) is 6.78. The molecule has 3 rings (SSSR count). The number of nitrogens with zero attached hydrogens (tertiary/aromatic N) is 2. The van der Waals surface area contributed by atoms with Crippen LogP contribution in [0.15, 0.2) is 27.8 Å². The Labute approximate surface area is 136 Å². The topological polar surface area (TPSA) is 82.3 Å². The Morgan fingerprint density at radius 3 is 2.48 bits per heavy atom. The standard InChI is InChI=1S/C14H9F4N3O4/c1-20-10(14(16,17)18)5-12(23)21(13(20)24)8-2-6-3-11(22)19-25-9(6)4-7(8)15/h2,4-5H,3H2,1H3,(H,19,22). The van der Waals surface area contributed by atoms with E-state index in [9.17, 15) is 31.9 Å². The van der Waals surface area contributed by atoms with Crippen molar-refractivity contribution in [1.29, 1.82) is 0 Å². The van der Waals surface area contributed by atoms with Crippen molar-refractivity contribution in [2.75, 3.05) is 0 Å². The first-order valence-electron chi connectivity index (χ1n) is 6.78. The van der Waals surface area contributed by atoms with Gasteiger partial charge in [0.2, 0.25) is 0 Å². The fourth-order valence-electron chi connectivity index (χ4n) is 2.43. The van der Waals surface area contributed by atoms with Gasteiger partial charge < -0.3 is 4.84 Å². The predicted molar refractivity (Wildman–Crippen MR) is 74.7 cm³/mol. The highest BCUT2D eigenvalue weighted by Crippen LogP contribution is 2.28. The lowest BCUT2D eigenvalue weighted by Crippen LogP contribution is -2.41. The Morgan fingerprint density at radius 1 is 1.16 bits per heavy atom. The van der Waals surface area contributed by atoms with Crippen LogP contribution in [-0.2, 0) is 24.4 Å². The minimum Gasteiger partial charge on any atom is -0.379 e. The van der Waals surface area contributed by atoms with Gasteiger partial charge in [-0.3, -0.25) is 14.2 Å². The zero-order chi connectivity index (χ0) is 18.5. The van der Waals surface area contributed by atoms with Gasteiger partial charge in [0.25, 0.3) is 11.5 Å². The van der Waals surface area contributed by atoms with Crippen molar-refractivity contribution in [2.24, 2.45) is 7.05 Å². The third-order valence-corrected chi connectivity index (χ3v) is 3.61. The van der Waals surface area contributed by atoms with Crippen LogP contribution >= 0.6 is 0 Å². The predicted octanol–water partition coefficient (Wildman–Crippen LogP) is 0.660. The number of amides is 1. The molecule has 0 unspecified atom stereocenters. The molecule has 2 aromatic rings. The molecule has 1 N–H and O–H groups in total. The summed E-state index contributed by atoms with van der Waals surface area (Å²) >= 11 is 0. The third kappa shape index (κ3) is 2.77. The van der Waals surface area contributed by atoms with Gasteiger partial charge in [-0.25, -0.2) is 13.8 Å². The van der Waals surface area contributed by atoms with E-state index in [1.165, 1.54) is 0 Å². The molecule has 1 aromatic carbocycles. The molecule has 0 saturated heterocycles. The summed E-state index contributed by atoms with van der Waals surface area (Å²) in [7, 11) is 0.813. The zero-order valence-electron chi connectivity index (χ0n) is 12.5. The van der Waals surface area contributed by atoms with Crippen LogP contribution in [0.1, 0.15) is 11.3 Å². The lowest BCUT2D eigenvalue weighted by molar-refractivity contribution is -0.144. The van der Waals surface area contributed by atoms with Gasteiger partial charge in [0.15, 0.2) is 11.6 Å². The molecule has 1 amide bonds. The molecule has 2 heterocycles. The number of halogens is 4. The summed E-state index contributed by atoms with van der Waals surface area (Å²) in [4.78, 5) is 40.3. The van der Waals surface area contributed by atoms with Crippen LogP contribution in [0.5, 0.6) is 5.75 Å². The molecular weight excluding hydrogens is 350 g/mol. The number of hydrogen-bond acceptors (Lipinski definition) is 4. The number of aromatic nitrogens is 2. The molecule has 132 valence electrons. The van der Waals surface area contributed by atoms with Gasteiger partial charge in [-0.2, -0.15) is 18.7 Å². The van der Waals surface area contributed by atoms with E-state index in [0.29, 0.717) is 0 Å². The second-order valence-corrected chi connectivity index (χ2v) is 5.26. The van der Waals surface area contributed by atoms with Crippen molar-refractivity contribution in [2.45, 2.75) is 12.6 Å². The van der Waals surface area contributed by atoms with Gasteiger partial charge in [0.05, 0.1) is 12.1 Å². The Morgan fingerprint density at radius 2 is 1.84 bits per heavy atom. The second-order valence-electron chi connectivity index (χ2n) is 5.26. The zero-order valence-corrected chi connectivity index (χ0v) is 12.5. The Hall–Kier alpha value is -3.11. The Balaban J connectivity index is 2.26. The maximum absolute atomic E-state index is 14.3. The molecule has 11 heteroatoms. The highest BCUT2D eigenvalue weighted by Gasteiger charge is 2.35. The minimum absolute atomic E-state index is 0.0300. The monoisotopic (exact) mass is 359 g/mol. The lowest BCUT2D eigenvalue weighted by Gasteiger charge is -2.19. The van der Waals surface area contributed by atoms with Crippen molar-refractivity contribution in [3.8, 4) is 11.4 Å². The quantitative estimate of drug-likeness (QED) is 0.759. The summed E-state index contributed by atoms with van der Waals surface area (Å²) in [6.45, 7) is 0. The number of nitrogens with one attached hydrogen (secondary N) is 1. The van der Waals surface area contributed by atoms with Gasteiger partial charge >= 0.3 is 11.9 Å². The minimum atomic E-state index is -4.92. The van der Waals surface area contributed by atoms with Crippen molar-refractivity contribution >= 4 is 5.91 Å². The normalized spacial score (nSPS) is 13.9. The highest BCUT2D eigenvalue weighted by molar-refractivity contribution is 5.80. The molecular formula is C14H9F4N3O4. The van der Waals surface area contributed by atoms with E-state index in [0.717, 1.165) is 19.2 Å². The third-order valence-electron chi connectivity index (χ3n) is 3.61. The fourth-order valence-corrected chi connectivity index (χ4v) is 2.43. The molecule has 0 radical (unpaired) electrons.